The van der Waals surface area contributed by atoms with Gasteiger partial charge in [0.05, 0.1) is 0 Å². The quantitative estimate of drug-likeness (QED) is 0.664. The van der Waals surface area contributed by atoms with Gasteiger partial charge in [-0.25, -0.2) is 0 Å². The lowest BCUT2D eigenvalue weighted by Crippen LogP contribution is -2.44. The van der Waals surface area contributed by atoms with Crippen LogP contribution in [0.3, 0.4) is 0 Å². The SMILES string of the molecule is CCCC1CCCN(CC(C)(CCC)CNC(C)C)CC1. The van der Waals surface area contributed by atoms with Gasteiger partial charge in [0.25, 0.3) is 0 Å². The predicted octanol–water partition coefficient (Wildman–Crippen LogP) is 4.69. The van der Waals surface area contributed by atoms with E-state index in [0.29, 0.717) is 11.5 Å². The van der Waals surface area contributed by atoms with Crippen molar-refractivity contribution in [1.82, 2.24) is 10.2 Å². The molecule has 1 aliphatic rings. The maximum absolute atomic E-state index is 3.68. The van der Waals surface area contributed by atoms with E-state index in [4.69, 9.17) is 0 Å². The molecule has 1 saturated heterocycles. The van der Waals surface area contributed by atoms with Crippen LogP contribution in [0, 0.1) is 11.3 Å². The van der Waals surface area contributed by atoms with Crippen molar-refractivity contribution >= 4 is 0 Å². The first kappa shape index (κ1) is 19.0. The molecular formula is C19H40N2. The zero-order valence-electron chi connectivity index (χ0n) is 15.4. The molecule has 2 nitrogen and oxygen atoms in total. The standard InChI is InChI=1S/C19H40N2/c1-6-9-18-10-8-13-21(14-11-18)16-19(5,12-7-2)15-20-17(3)4/h17-18,20H,6-16H2,1-5H3. The molecule has 2 heteroatoms. The molecule has 0 aromatic heterocycles. The van der Waals surface area contributed by atoms with Crippen LogP contribution < -0.4 is 5.32 Å². The molecule has 2 atom stereocenters. The van der Waals surface area contributed by atoms with Crippen molar-refractivity contribution in [2.45, 2.75) is 85.6 Å². The third kappa shape index (κ3) is 7.65. The topological polar surface area (TPSA) is 15.3 Å². The molecule has 1 rings (SSSR count). The Kier molecular flexibility index (Phi) is 8.89. The van der Waals surface area contributed by atoms with Crippen molar-refractivity contribution in [1.29, 1.82) is 0 Å². The van der Waals surface area contributed by atoms with E-state index in [-0.39, 0.29) is 0 Å². The minimum atomic E-state index is 0.434. The lowest BCUT2D eigenvalue weighted by Gasteiger charge is -2.36. The summed E-state index contributed by atoms with van der Waals surface area (Å²) in [5, 5.41) is 3.68. The summed E-state index contributed by atoms with van der Waals surface area (Å²) in [4.78, 5) is 2.76. The molecule has 1 heterocycles. The number of hydrogen-bond donors (Lipinski definition) is 1. The molecule has 0 bridgehead atoms. The summed E-state index contributed by atoms with van der Waals surface area (Å²) in [6.07, 6.45) is 9.72. The monoisotopic (exact) mass is 296 g/mol. The molecule has 126 valence electrons. The summed E-state index contributed by atoms with van der Waals surface area (Å²) in [5.74, 6) is 0.992. The summed E-state index contributed by atoms with van der Waals surface area (Å²) in [6.45, 7) is 16.7. The van der Waals surface area contributed by atoms with Gasteiger partial charge in [0.1, 0.15) is 0 Å². The van der Waals surface area contributed by atoms with Crippen LogP contribution >= 0.6 is 0 Å². The third-order valence-electron chi connectivity index (χ3n) is 5.03. The van der Waals surface area contributed by atoms with Gasteiger partial charge in [-0.15, -0.1) is 0 Å². The Labute approximate surface area is 134 Å². The van der Waals surface area contributed by atoms with Gasteiger partial charge in [0.2, 0.25) is 0 Å². The third-order valence-corrected chi connectivity index (χ3v) is 5.03. The van der Waals surface area contributed by atoms with E-state index in [0.717, 1.165) is 12.5 Å². The average molecular weight is 297 g/mol. The first-order valence-electron chi connectivity index (χ1n) is 9.45. The molecular weight excluding hydrogens is 256 g/mol. The highest BCUT2D eigenvalue weighted by Gasteiger charge is 2.27. The molecule has 2 unspecified atom stereocenters. The molecule has 0 saturated carbocycles. The van der Waals surface area contributed by atoms with Crippen LogP contribution in [-0.4, -0.2) is 37.1 Å². The number of nitrogens with zero attached hydrogens (tertiary/aromatic N) is 1. The van der Waals surface area contributed by atoms with E-state index < -0.39 is 0 Å². The Balaban J connectivity index is 2.49. The molecule has 1 fully saturated rings. The van der Waals surface area contributed by atoms with E-state index in [9.17, 15) is 0 Å². The maximum atomic E-state index is 3.68. The van der Waals surface area contributed by atoms with Gasteiger partial charge in [0.15, 0.2) is 0 Å². The van der Waals surface area contributed by atoms with E-state index in [1.807, 2.05) is 0 Å². The second kappa shape index (κ2) is 9.84. The Morgan fingerprint density at radius 3 is 2.52 bits per heavy atom. The fraction of sp³-hybridized carbons (Fsp3) is 1.00. The van der Waals surface area contributed by atoms with Gasteiger partial charge in [-0.05, 0) is 50.1 Å². The summed E-state index contributed by atoms with van der Waals surface area (Å²) in [6, 6.07) is 0.597. The highest BCUT2D eigenvalue weighted by Crippen LogP contribution is 2.27. The van der Waals surface area contributed by atoms with E-state index in [1.54, 1.807) is 0 Å². The fourth-order valence-corrected chi connectivity index (χ4v) is 3.90. The van der Waals surface area contributed by atoms with Crippen LogP contribution in [0.2, 0.25) is 0 Å². The minimum absolute atomic E-state index is 0.434. The number of nitrogens with one attached hydrogen (secondary N) is 1. The molecule has 0 amide bonds. The highest BCUT2D eigenvalue weighted by molar-refractivity contribution is 4.83. The number of rotatable bonds is 9. The van der Waals surface area contributed by atoms with Crippen molar-refractivity contribution in [3.63, 3.8) is 0 Å². The first-order chi connectivity index (χ1) is 9.99. The van der Waals surface area contributed by atoms with Crippen LogP contribution in [0.4, 0.5) is 0 Å². The molecule has 21 heavy (non-hydrogen) atoms. The van der Waals surface area contributed by atoms with Crippen LogP contribution in [0.25, 0.3) is 0 Å². The Morgan fingerprint density at radius 2 is 1.90 bits per heavy atom. The van der Waals surface area contributed by atoms with Gasteiger partial charge in [-0.1, -0.05) is 53.9 Å². The van der Waals surface area contributed by atoms with Gasteiger partial charge in [0, 0.05) is 19.1 Å². The molecule has 1 N–H and O–H groups in total. The van der Waals surface area contributed by atoms with Gasteiger partial charge >= 0.3 is 0 Å². The van der Waals surface area contributed by atoms with Crippen molar-refractivity contribution in [2.75, 3.05) is 26.2 Å². The second-order valence-electron chi connectivity index (χ2n) is 7.96. The van der Waals surface area contributed by atoms with Gasteiger partial charge in [-0.3, -0.25) is 0 Å². The fourth-order valence-electron chi connectivity index (χ4n) is 3.90. The van der Waals surface area contributed by atoms with Crippen molar-refractivity contribution in [2.24, 2.45) is 11.3 Å². The number of likely N-dealkylation sites (tertiary alicyclic amines) is 1. The molecule has 0 aromatic rings. The zero-order valence-corrected chi connectivity index (χ0v) is 15.4. The van der Waals surface area contributed by atoms with Crippen LogP contribution in [-0.2, 0) is 0 Å². The highest BCUT2D eigenvalue weighted by atomic mass is 15.1. The van der Waals surface area contributed by atoms with Crippen molar-refractivity contribution < 1.29 is 0 Å². The zero-order chi connectivity index (χ0) is 15.7. The average Bonchev–Trinajstić information content (AvgIpc) is 2.63. The summed E-state index contributed by atoms with van der Waals surface area (Å²) in [5.41, 5.74) is 0.434. The smallest absolute Gasteiger partial charge is 0.00475 e. The van der Waals surface area contributed by atoms with E-state index >= 15 is 0 Å². The number of hydrogen-bond acceptors (Lipinski definition) is 2. The van der Waals surface area contributed by atoms with E-state index in [2.05, 4.69) is 44.8 Å². The largest absolute Gasteiger partial charge is 0.314 e. The Morgan fingerprint density at radius 1 is 1.14 bits per heavy atom. The van der Waals surface area contributed by atoms with Gasteiger partial charge < -0.3 is 10.2 Å². The van der Waals surface area contributed by atoms with E-state index in [1.165, 1.54) is 64.6 Å². The lowest BCUT2D eigenvalue weighted by molar-refractivity contribution is 0.149. The van der Waals surface area contributed by atoms with Crippen LogP contribution in [0.5, 0.6) is 0 Å². The predicted molar refractivity (Wildman–Crippen MR) is 94.8 cm³/mol. The van der Waals surface area contributed by atoms with Crippen molar-refractivity contribution in [3.8, 4) is 0 Å². The summed E-state index contributed by atoms with van der Waals surface area (Å²) >= 11 is 0. The summed E-state index contributed by atoms with van der Waals surface area (Å²) < 4.78 is 0. The molecule has 0 spiro atoms. The van der Waals surface area contributed by atoms with Crippen LogP contribution in [0.1, 0.15) is 79.6 Å². The maximum Gasteiger partial charge on any atom is 0.00475 e. The van der Waals surface area contributed by atoms with Crippen LogP contribution in [0.15, 0.2) is 0 Å². The van der Waals surface area contributed by atoms with Crippen molar-refractivity contribution in [3.05, 3.63) is 0 Å². The Bertz CT molecular complexity index is 264. The molecule has 0 radical (unpaired) electrons. The molecule has 0 aromatic carbocycles. The molecule has 1 aliphatic heterocycles. The minimum Gasteiger partial charge on any atom is -0.314 e. The van der Waals surface area contributed by atoms with Gasteiger partial charge in [-0.2, -0.15) is 0 Å². The lowest BCUT2D eigenvalue weighted by atomic mass is 9.84. The Hall–Kier alpha value is -0.0800. The second-order valence-corrected chi connectivity index (χ2v) is 7.96. The normalized spacial score (nSPS) is 24.0. The summed E-state index contributed by atoms with van der Waals surface area (Å²) in [7, 11) is 0. The first-order valence-corrected chi connectivity index (χ1v) is 9.45. The molecule has 0 aliphatic carbocycles.